The van der Waals surface area contributed by atoms with E-state index >= 15 is 0 Å². The van der Waals surface area contributed by atoms with E-state index in [9.17, 15) is 9.59 Å². The number of Topliss-reactive ketones (excluding diaryl/α,β-unsaturated/α-hetero) is 1. The quantitative estimate of drug-likeness (QED) is 0.686. The molecular weight excluding hydrogens is 192 g/mol. The van der Waals surface area contributed by atoms with Gasteiger partial charge in [0.1, 0.15) is 0 Å². The highest BCUT2D eigenvalue weighted by molar-refractivity contribution is 6.00. The first kappa shape index (κ1) is 9.90. The molecule has 0 saturated carbocycles. The molecule has 1 aliphatic rings. The predicted molar refractivity (Wildman–Crippen MR) is 54.8 cm³/mol. The zero-order valence-corrected chi connectivity index (χ0v) is 8.58. The highest BCUT2D eigenvalue weighted by atomic mass is 16.5. The summed E-state index contributed by atoms with van der Waals surface area (Å²) in [6.45, 7) is 0. The number of benzene rings is 1. The van der Waals surface area contributed by atoms with Gasteiger partial charge in [-0.15, -0.1) is 0 Å². The molecule has 2 rings (SSSR count). The van der Waals surface area contributed by atoms with Crippen LogP contribution in [0.25, 0.3) is 0 Å². The summed E-state index contributed by atoms with van der Waals surface area (Å²) < 4.78 is 4.59. The zero-order valence-electron chi connectivity index (χ0n) is 8.58. The van der Waals surface area contributed by atoms with Crippen molar-refractivity contribution in [1.82, 2.24) is 0 Å². The van der Waals surface area contributed by atoms with Gasteiger partial charge in [-0.3, -0.25) is 9.59 Å². The minimum absolute atomic E-state index is 0.203. The Labute approximate surface area is 88.1 Å². The average molecular weight is 204 g/mol. The first-order chi connectivity index (χ1) is 7.20. The third kappa shape index (κ3) is 1.91. The van der Waals surface area contributed by atoms with Crippen molar-refractivity contribution < 1.29 is 14.3 Å². The molecule has 0 spiro atoms. The van der Waals surface area contributed by atoms with E-state index in [1.54, 1.807) is 0 Å². The Kier molecular flexibility index (Phi) is 2.54. The van der Waals surface area contributed by atoms with Gasteiger partial charge in [-0.05, 0) is 17.5 Å². The van der Waals surface area contributed by atoms with Gasteiger partial charge in [0.05, 0.1) is 13.5 Å². The van der Waals surface area contributed by atoms with E-state index in [1.807, 2.05) is 18.2 Å². The maximum Gasteiger partial charge on any atom is 0.309 e. The third-order valence-corrected chi connectivity index (χ3v) is 2.67. The molecule has 78 valence electrons. The first-order valence-electron chi connectivity index (χ1n) is 4.92. The van der Waals surface area contributed by atoms with Crippen molar-refractivity contribution in [2.24, 2.45) is 0 Å². The van der Waals surface area contributed by atoms with Gasteiger partial charge in [-0.1, -0.05) is 18.2 Å². The van der Waals surface area contributed by atoms with Crippen LogP contribution in [-0.2, 0) is 22.4 Å². The fraction of sp³-hybridized carbons (Fsp3) is 0.333. The molecule has 0 aliphatic heterocycles. The number of ether oxygens (including phenoxy) is 1. The summed E-state index contributed by atoms with van der Waals surface area (Å²) in [7, 11) is 1.37. The van der Waals surface area contributed by atoms with E-state index in [-0.39, 0.29) is 18.2 Å². The fourth-order valence-corrected chi connectivity index (χ4v) is 1.86. The Hall–Kier alpha value is -1.64. The van der Waals surface area contributed by atoms with Gasteiger partial charge in [0.2, 0.25) is 0 Å². The van der Waals surface area contributed by atoms with E-state index < -0.39 is 0 Å². The lowest BCUT2D eigenvalue weighted by Crippen LogP contribution is -2.05. The number of aryl methyl sites for hydroxylation is 1. The van der Waals surface area contributed by atoms with E-state index in [1.165, 1.54) is 7.11 Å². The van der Waals surface area contributed by atoms with Crippen molar-refractivity contribution in [3.05, 3.63) is 34.9 Å². The van der Waals surface area contributed by atoms with Crippen molar-refractivity contribution in [3.8, 4) is 0 Å². The largest absolute Gasteiger partial charge is 0.469 e. The van der Waals surface area contributed by atoms with Crippen LogP contribution in [-0.4, -0.2) is 18.9 Å². The lowest BCUT2D eigenvalue weighted by molar-refractivity contribution is -0.139. The Balaban J connectivity index is 2.23. The maximum atomic E-state index is 11.4. The van der Waals surface area contributed by atoms with Crippen LogP contribution in [0.2, 0.25) is 0 Å². The third-order valence-electron chi connectivity index (χ3n) is 2.67. The Morgan fingerprint density at radius 2 is 2.20 bits per heavy atom. The second kappa shape index (κ2) is 3.85. The molecule has 0 N–H and O–H groups in total. The molecule has 0 aromatic heterocycles. The molecule has 0 unspecified atom stereocenters. The molecule has 0 radical (unpaired) electrons. The standard InChI is InChI=1S/C12H12O3/c1-15-12(14)7-8-2-4-10-9(6-8)3-5-11(10)13/h2,4,6H,3,5,7H2,1H3. The minimum Gasteiger partial charge on any atom is -0.469 e. The fourth-order valence-electron chi connectivity index (χ4n) is 1.86. The van der Waals surface area contributed by atoms with Crippen LogP contribution >= 0.6 is 0 Å². The van der Waals surface area contributed by atoms with Crippen LogP contribution in [0.3, 0.4) is 0 Å². The van der Waals surface area contributed by atoms with Crippen LogP contribution in [0.5, 0.6) is 0 Å². The van der Waals surface area contributed by atoms with Crippen molar-refractivity contribution >= 4 is 11.8 Å². The summed E-state index contributed by atoms with van der Waals surface area (Å²) in [6.07, 6.45) is 1.66. The monoisotopic (exact) mass is 204 g/mol. The molecule has 3 nitrogen and oxygen atoms in total. The normalized spacial score (nSPS) is 13.8. The van der Waals surface area contributed by atoms with Gasteiger partial charge in [0, 0.05) is 12.0 Å². The Bertz CT molecular complexity index is 421. The van der Waals surface area contributed by atoms with Gasteiger partial charge in [-0.2, -0.15) is 0 Å². The minimum atomic E-state index is -0.251. The summed E-state index contributed by atoms with van der Waals surface area (Å²) in [4.78, 5) is 22.4. The van der Waals surface area contributed by atoms with Gasteiger partial charge in [-0.25, -0.2) is 0 Å². The summed E-state index contributed by atoms with van der Waals surface area (Å²) in [6, 6.07) is 5.55. The molecule has 0 bridgehead atoms. The summed E-state index contributed by atoms with van der Waals surface area (Å²) in [5.41, 5.74) is 2.78. The maximum absolute atomic E-state index is 11.4. The van der Waals surface area contributed by atoms with Crippen molar-refractivity contribution in [2.75, 3.05) is 7.11 Å². The highest BCUT2D eigenvalue weighted by Gasteiger charge is 2.19. The number of ketones is 1. The van der Waals surface area contributed by atoms with Crippen LogP contribution in [0.4, 0.5) is 0 Å². The zero-order chi connectivity index (χ0) is 10.8. The number of esters is 1. The summed E-state index contributed by atoms with van der Waals surface area (Å²) in [5.74, 6) is -0.0473. The van der Waals surface area contributed by atoms with Crippen molar-refractivity contribution in [1.29, 1.82) is 0 Å². The average Bonchev–Trinajstić information content (AvgIpc) is 2.60. The lowest BCUT2D eigenvalue weighted by Gasteiger charge is -2.02. The topological polar surface area (TPSA) is 43.4 Å². The van der Waals surface area contributed by atoms with Crippen molar-refractivity contribution in [3.63, 3.8) is 0 Å². The molecule has 0 amide bonds. The number of fused-ring (bicyclic) bond motifs is 1. The number of carbonyl (C=O) groups is 2. The lowest BCUT2D eigenvalue weighted by atomic mass is 10.0. The predicted octanol–water partition coefficient (Wildman–Crippen LogP) is 1.53. The van der Waals surface area contributed by atoms with Crippen LogP contribution in [0, 0.1) is 0 Å². The molecule has 0 fully saturated rings. The van der Waals surface area contributed by atoms with E-state index in [4.69, 9.17) is 0 Å². The molecule has 3 heteroatoms. The van der Waals surface area contributed by atoms with Gasteiger partial charge < -0.3 is 4.74 Å². The Morgan fingerprint density at radius 1 is 1.40 bits per heavy atom. The number of carbonyl (C=O) groups excluding carboxylic acids is 2. The van der Waals surface area contributed by atoms with E-state index in [2.05, 4.69) is 4.74 Å². The number of hydrogen-bond donors (Lipinski definition) is 0. The van der Waals surface area contributed by atoms with Crippen molar-refractivity contribution in [2.45, 2.75) is 19.3 Å². The molecular formula is C12H12O3. The molecule has 1 aromatic rings. The van der Waals surface area contributed by atoms with Crippen LogP contribution < -0.4 is 0 Å². The van der Waals surface area contributed by atoms with Crippen LogP contribution in [0.1, 0.15) is 27.9 Å². The molecule has 0 atom stereocenters. The summed E-state index contributed by atoms with van der Waals surface area (Å²) in [5, 5.41) is 0. The van der Waals surface area contributed by atoms with Gasteiger partial charge >= 0.3 is 5.97 Å². The molecule has 0 heterocycles. The van der Waals surface area contributed by atoms with E-state index in [0.717, 1.165) is 23.1 Å². The van der Waals surface area contributed by atoms with Gasteiger partial charge in [0.15, 0.2) is 5.78 Å². The molecule has 1 aromatic carbocycles. The number of methoxy groups -OCH3 is 1. The molecule has 1 aliphatic carbocycles. The highest BCUT2D eigenvalue weighted by Crippen LogP contribution is 2.23. The summed E-state index contributed by atoms with van der Waals surface area (Å²) >= 11 is 0. The van der Waals surface area contributed by atoms with Gasteiger partial charge in [0.25, 0.3) is 0 Å². The smallest absolute Gasteiger partial charge is 0.309 e. The molecule has 15 heavy (non-hydrogen) atoms. The first-order valence-corrected chi connectivity index (χ1v) is 4.92. The van der Waals surface area contributed by atoms with Crippen LogP contribution in [0.15, 0.2) is 18.2 Å². The second-order valence-electron chi connectivity index (χ2n) is 3.67. The number of rotatable bonds is 2. The number of hydrogen-bond acceptors (Lipinski definition) is 3. The second-order valence-corrected chi connectivity index (χ2v) is 3.67. The van der Waals surface area contributed by atoms with E-state index in [0.29, 0.717) is 6.42 Å². The Morgan fingerprint density at radius 3 is 2.93 bits per heavy atom. The SMILES string of the molecule is COC(=O)Cc1ccc2c(c1)CCC2=O. The molecule has 0 saturated heterocycles.